The van der Waals surface area contributed by atoms with Crippen LogP contribution in [0, 0.1) is 17.8 Å². The molecule has 3 heteroatoms. The van der Waals surface area contributed by atoms with Gasteiger partial charge in [0.05, 0.1) is 0 Å². The molecule has 3 N–H and O–H groups in total. The molecule has 18 heavy (non-hydrogen) atoms. The van der Waals surface area contributed by atoms with E-state index in [-0.39, 0.29) is 5.54 Å². The highest BCUT2D eigenvalue weighted by Gasteiger charge is 2.42. The molecule has 0 unspecified atom stereocenters. The predicted molar refractivity (Wildman–Crippen MR) is 75.5 cm³/mol. The van der Waals surface area contributed by atoms with E-state index in [2.05, 4.69) is 17.3 Å². The van der Waals surface area contributed by atoms with Crippen molar-refractivity contribution < 1.29 is 0 Å². The molecular formula is C15H29N3. The van der Waals surface area contributed by atoms with Gasteiger partial charge in [0, 0.05) is 12.1 Å². The van der Waals surface area contributed by atoms with Crippen molar-refractivity contribution >= 4 is 0 Å². The monoisotopic (exact) mass is 251 g/mol. The zero-order chi connectivity index (χ0) is 12.6. The highest BCUT2D eigenvalue weighted by Crippen LogP contribution is 2.49. The lowest BCUT2D eigenvalue weighted by Gasteiger charge is -2.41. The Bertz CT molecular complexity index is 263. The zero-order valence-corrected chi connectivity index (χ0v) is 11.8. The summed E-state index contributed by atoms with van der Waals surface area (Å²) in [5.74, 6) is 3.06. The van der Waals surface area contributed by atoms with Crippen LogP contribution in [0.15, 0.2) is 0 Å². The van der Waals surface area contributed by atoms with Gasteiger partial charge in [-0.25, -0.2) is 0 Å². The van der Waals surface area contributed by atoms with Gasteiger partial charge in [-0.2, -0.15) is 0 Å². The van der Waals surface area contributed by atoms with Crippen molar-refractivity contribution in [2.45, 2.75) is 44.1 Å². The molecular weight excluding hydrogens is 222 g/mol. The summed E-state index contributed by atoms with van der Waals surface area (Å²) in [6.07, 6.45) is 8.40. The summed E-state index contributed by atoms with van der Waals surface area (Å²) in [5.41, 5.74) is 6.32. The number of nitrogens with two attached hydrogens (primary N) is 1. The Hall–Kier alpha value is -0.120. The Morgan fingerprint density at radius 2 is 1.72 bits per heavy atom. The third kappa shape index (κ3) is 2.89. The smallest absolute Gasteiger partial charge is 0.0328 e. The third-order valence-electron chi connectivity index (χ3n) is 5.50. The van der Waals surface area contributed by atoms with Crippen LogP contribution in [0.3, 0.4) is 0 Å². The first-order chi connectivity index (χ1) is 8.72. The molecule has 0 amide bonds. The fourth-order valence-electron chi connectivity index (χ4n) is 3.60. The molecule has 3 rings (SSSR count). The number of hydrogen-bond acceptors (Lipinski definition) is 3. The van der Waals surface area contributed by atoms with Crippen LogP contribution < -0.4 is 11.1 Å². The van der Waals surface area contributed by atoms with Crippen molar-refractivity contribution in [2.75, 3.05) is 33.2 Å². The van der Waals surface area contributed by atoms with Crippen LogP contribution in [0.4, 0.5) is 0 Å². The lowest BCUT2D eigenvalue weighted by atomic mass is 9.86. The fraction of sp³-hybridized carbons (Fsp3) is 1.00. The SMILES string of the molecule is CN1CCC(CN)(NCC(C2CC2)C2CC2)CC1. The van der Waals surface area contributed by atoms with E-state index < -0.39 is 0 Å². The number of piperidine rings is 1. The average molecular weight is 251 g/mol. The molecule has 0 aromatic rings. The second kappa shape index (κ2) is 5.10. The summed E-state index contributed by atoms with van der Waals surface area (Å²) in [5, 5.41) is 3.90. The molecule has 0 radical (unpaired) electrons. The van der Waals surface area contributed by atoms with Crippen LogP contribution in [-0.4, -0.2) is 43.7 Å². The maximum absolute atomic E-state index is 6.07. The number of hydrogen-bond donors (Lipinski definition) is 2. The van der Waals surface area contributed by atoms with Gasteiger partial charge in [0.15, 0.2) is 0 Å². The molecule has 0 bridgehead atoms. The molecule has 0 atom stereocenters. The number of nitrogens with zero attached hydrogens (tertiary/aromatic N) is 1. The van der Waals surface area contributed by atoms with Gasteiger partial charge in [0.25, 0.3) is 0 Å². The molecule has 2 aliphatic carbocycles. The minimum Gasteiger partial charge on any atom is -0.329 e. The first-order valence-electron chi connectivity index (χ1n) is 7.86. The standard InChI is InChI=1S/C15H29N3/c1-18-8-6-15(11-16,7-9-18)17-10-14(12-2-3-12)13-4-5-13/h12-14,17H,2-11,16H2,1H3. The average Bonchev–Trinajstić information content (AvgIpc) is 3.26. The molecule has 0 aromatic heterocycles. The zero-order valence-electron chi connectivity index (χ0n) is 11.8. The molecule has 1 saturated heterocycles. The summed E-state index contributed by atoms with van der Waals surface area (Å²) in [7, 11) is 2.22. The summed E-state index contributed by atoms with van der Waals surface area (Å²) < 4.78 is 0. The minimum atomic E-state index is 0.245. The molecule has 1 heterocycles. The van der Waals surface area contributed by atoms with Gasteiger partial charge in [-0.15, -0.1) is 0 Å². The van der Waals surface area contributed by atoms with Crippen molar-refractivity contribution in [3.05, 3.63) is 0 Å². The van der Waals surface area contributed by atoms with Crippen molar-refractivity contribution in [3.63, 3.8) is 0 Å². The molecule has 104 valence electrons. The normalized spacial score (nSPS) is 28.8. The van der Waals surface area contributed by atoms with E-state index in [1.54, 1.807) is 0 Å². The van der Waals surface area contributed by atoms with Crippen molar-refractivity contribution in [1.82, 2.24) is 10.2 Å². The van der Waals surface area contributed by atoms with Crippen LogP contribution in [0.1, 0.15) is 38.5 Å². The summed E-state index contributed by atoms with van der Waals surface area (Å²) in [6.45, 7) is 4.43. The van der Waals surface area contributed by atoms with E-state index in [0.717, 1.165) is 24.3 Å². The van der Waals surface area contributed by atoms with E-state index >= 15 is 0 Å². The van der Waals surface area contributed by atoms with Crippen LogP contribution in [0.25, 0.3) is 0 Å². The van der Waals surface area contributed by atoms with Crippen molar-refractivity contribution in [3.8, 4) is 0 Å². The van der Waals surface area contributed by atoms with E-state index in [0.29, 0.717) is 0 Å². The molecule has 0 aromatic carbocycles. The van der Waals surface area contributed by atoms with E-state index in [9.17, 15) is 0 Å². The molecule has 2 saturated carbocycles. The first-order valence-corrected chi connectivity index (χ1v) is 7.86. The van der Waals surface area contributed by atoms with Gasteiger partial charge in [0.1, 0.15) is 0 Å². The predicted octanol–water partition coefficient (Wildman–Crippen LogP) is 1.44. The molecule has 3 aliphatic rings. The summed E-state index contributed by atoms with van der Waals surface area (Å²) in [6, 6.07) is 0. The van der Waals surface area contributed by atoms with Crippen molar-refractivity contribution in [2.24, 2.45) is 23.5 Å². The number of likely N-dealkylation sites (tertiary alicyclic amines) is 1. The lowest BCUT2D eigenvalue weighted by molar-refractivity contribution is 0.152. The van der Waals surface area contributed by atoms with Crippen LogP contribution in [0.5, 0.6) is 0 Å². The second-order valence-electron chi connectivity index (χ2n) is 7.01. The summed E-state index contributed by atoms with van der Waals surface area (Å²) >= 11 is 0. The van der Waals surface area contributed by atoms with Crippen LogP contribution in [-0.2, 0) is 0 Å². The minimum absolute atomic E-state index is 0.245. The Labute approximate surface area is 111 Å². The Morgan fingerprint density at radius 1 is 1.17 bits per heavy atom. The van der Waals surface area contributed by atoms with Gasteiger partial charge >= 0.3 is 0 Å². The van der Waals surface area contributed by atoms with Crippen LogP contribution >= 0.6 is 0 Å². The van der Waals surface area contributed by atoms with Crippen LogP contribution in [0.2, 0.25) is 0 Å². The van der Waals surface area contributed by atoms with Gasteiger partial charge in [-0.05, 0) is 83.0 Å². The van der Waals surface area contributed by atoms with Crippen molar-refractivity contribution in [1.29, 1.82) is 0 Å². The maximum Gasteiger partial charge on any atom is 0.0328 e. The highest BCUT2D eigenvalue weighted by molar-refractivity contribution is 4.98. The maximum atomic E-state index is 6.07. The highest BCUT2D eigenvalue weighted by atomic mass is 15.1. The molecule has 1 aliphatic heterocycles. The Balaban J connectivity index is 1.53. The number of nitrogens with one attached hydrogen (secondary N) is 1. The van der Waals surface area contributed by atoms with E-state index in [1.165, 1.54) is 58.2 Å². The topological polar surface area (TPSA) is 41.3 Å². The number of rotatable bonds is 6. The van der Waals surface area contributed by atoms with Gasteiger partial charge in [-0.1, -0.05) is 0 Å². The first kappa shape index (κ1) is 12.9. The Kier molecular flexibility index (Phi) is 3.65. The summed E-state index contributed by atoms with van der Waals surface area (Å²) in [4.78, 5) is 2.43. The van der Waals surface area contributed by atoms with Gasteiger partial charge in [0.2, 0.25) is 0 Å². The quantitative estimate of drug-likeness (QED) is 0.750. The van der Waals surface area contributed by atoms with Gasteiger partial charge in [-0.3, -0.25) is 0 Å². The molecule has 3 fully saturated rings. The second-order valence-corrected chi connectivity index (χ2v) is 7.01. The van der Waals surface area contributed by atoms with Gasteiger partial charge < -0.3 is 16.0 Å². The Morgan fingerprint density at radius 3 is 2.17 bits per heavy atom. The van der Waals surface area contributed by atoms with E-state index in [1.807, 2.05) is 0 Å². The fourth-order valence-corrected chi connectivity index (χ4v) is 3.60. The molecule has 3 nitrogen and oxygen atoms in total. The van der Waals surface area contributed by atoms with E-state index in [4.69, 9.17) is 5.73 Å². The molecule has 0 spiro atoms. The lowest BCUT2D eigenvalue weighted by Crippen LogP contribution is -2.58. The third-order valence-corrected chi connectivity index (χ3v) is 5.50. The largest absolute Gasteiger partial charge is 0.329 e.